The molecule has 0 aromatic heterocycles. The topological polar surface area (TPSA) is 6.48 Å². The summed E-state index contributed by atoms with van der Waals surface area (Å²) in [5.41, 5.74) is 7.97. The molecule has 1 aliphatic carbocycles. The maximum atomic E-state index is 2.77. The fourth-order valence-corrected chi connectivity index (χ4v) is 6.74. The van der Waals surface area contributed by atoms with E-state index >= 15 is 0 Å². The lowest BCUT2D eigenvalue weighted by Gasteiger charge is -2.50. The molecule has 2 unspecified atom stereocenters. The number of benzene rings is 3. The van der Waals surface area contributed by atoms with Crippen LogP contribution in [-0.2, 0) is 5.54 Å². The summed E-state index contributed by atoms with van der Waals surface area (Å²) in [5.74, 6) is 0.605. The third-order valence-corrected chi connectivity index (χ3v) is 8.31. The van der Waals surface area contributed by atoms with Crippen LogP contribution >= 0.6 is 0 Å². The van der Waals surface area contributed by atoms with Crippen molar-refractivity contribution in [3.05, 3.63) is 125 Å². The Morgan fingerprint density at radius 1 is 0.735 bits per heavy atom. The monoisotopic (exact) mass is 446 g/mol. The Balaban J connectivity index is 1.59. The number of rotatable bonds is 4. The summed E-state index contributed by atoms with van der Waals surface area (Å²) >= 11 is 0. The van der Waals surface area contributed by atoms with Crippen molar-refractivity contribution < 1.29 is 0 Å². The zero-order valence-electron chi connectivity index (χ0n) is 20.3. The van der Waals surface area contributed by atoms with Crippen LogP contribution in [0.5, 0.6) is 0 Å². The molecule has 2 atom stereocenters. The van der Waals surface area contributed by atoms with E-state index in [-0.39, 0.29) is 11.7 Å². The first-order valence-electron chi connectivity index (χ1n) is 12.9. The molecule has 2 heteroatoms. The summed E-state index contributed by atoms with van der Waals surface area (Å²) < 4.78 is 0. The second-order valence-corrected chi connectivity index (χ2v) is 10.1. The molecular formula is C32H34N2. The van der Waals surface area contributed by atoms with E-state index in [4.69, 9.17) is 0 Å². The fraction of sp³-hybridized carbons (Fsp3) is 0.312. The van der Waals surface area contributed by atoms with Gasteiger partial charge in [0.25, 0.3) is 0 Å². The number of nitrogens with zero attached hydrogens (tertiary/aromatic N) is 2. The van der Waals surface area contributed by atoms with Crippen molar-refractivity contribution in [3.63, 3.8) is 0 Å². The predicted octanol–water partition coefficient (Wildman–Crippen LogP) is 8.09. The van der Waals surface area contributed by atoms with Gasteiger partial charge < -0.3 is 9.80 Å². The number of fused-ring (bicyclic) bond motifs is 1. The number of hydrogen-bond donors (Lipinski definition) is 0. The molecule has 2 heterocycles. The maximum Gasteiger partial charge on any atom is 0.133 e. The van der Waals surface area contributed by atoms with Gasteiger partial charge in [-0.15, -0.1) is 0 Å². The number of anilines is 1. The van der Waals surface area contributed by atoms with Gasteiger partial charge in [-0.2, -0.15) is 0 Å². The van der Waals surface area contributed by atoms with Crippen molar-refractivity contribution in [2.24, 2.45) is 5.92 Å². The Morgan fingerprint density at radius 2 is 1.38 bits per heavy atom. The van der Waals surface area contributed by atoms with Crippen molar-refractivity contribution in [3.8, 4) is 0 Å². The van der Waals surface area contributed by atoms with Gasteiger partial charge in [0.05, 0.1) is 11.2 Å². The summed E-state index contributed by atoms with van der Waals surface area (Å²) in [6.45, 7) is 4.55. The molecule has 6 rings (SSSR count). The first kappa shape index (κ1) is 21.3. The standard InChI is InChI=1S/C32H34N2/c1-24-14-12-13-21-29(24)33-25(2)30-22-23-32(27-17-8-4-9-18-27,28-19-10-5-11-20-28)34(30)31(33)26-15-6-3-7-16-26/h3-4,6-9,12-18,21-23,28,31H,5,10-11,19-20H2,1-2H3. The molecule has 1 fully saturated rings. The van der Waals surface area contributed by atoms with E-state index in [0.717, 1.165) is 0 Å². The van der Waals surface area contributed by atoms with Crippen LogP contribution in [-0.4, -0.2) is 4.90 Å². The molecule has 0 saturated heterocycles. The van der Waals surface area contributed by atoms with E-state index in [1.165, 1.54) is 65.9 Å². The van der Waals surface area contributed by atoms with Gasteiger partial charge in [0.1, 0.15) is 6.17 Å². The minimum atomic E-state index is -0.129. The molecule has 0 amide bonds. The number of aryl methyl sites for hydroxylation is 1. The van der Waals surface area contributed by atoms with Crippen molar-refractivity contribution in [2.45, 2.75) is 57.7 Å². The summed E-state index contributed by atoms with van der Waals surface area (Å²) in [5, 5.41) is 0. The molecule has 3 aromatic rings. The lowest BCUT2D eigenvalue weighted by molar-refractivity contribution is 0.0692. The van der Waals surface area contributed by atoms with E-state index in [0.29, 0.717) is 5.92 Å². The highest BCUT2D eigenvalue weighted by Crippen LogP contribution is 2.58. The van der Waals surface area contributed by atoms with Crippen LogP contribution in [0.3, 0.4) is 0 Å². The Labute approximate surface area is 204 Å². The first-order valence-corrected chi connectivity index (χ1v) is 12.9. The Kier molecular flexibility index (Phi) is 5.32. The summed E-state index contributed by atoms with van der Waals surface area (Å²) in [6.07, 6.45) is 11.7. The third-order valence-electron chi connectivity index (χ3n) is 8.31. The van der Waals surface area contributed by atoms with Crippen LogP contribution in [0.1, 0.15) is 61.9 Å². The lowest BCUT2D eigenvalue weighted by Crippen LogP contribution is -2.49. The fourth-order valence-electron chi connectivity index (χ4n) is 6.74. The highest BCUT2D eigenvalue weighted by molar-refractivity contribution is 5.65. The smallest absolute Gasteiger partial charge is 0.133 e. The Hall–Kier alpha value is -3.26. The van der Waals surface area contributed by atoms with Crippen LogP contribution < -0.4 is 4.90 Å². The zero-order chi connectivity index (χ0) is 23.1. The van der Waals surface area contributed by atoms with Crippen LogP contribution in [0.25, 0.3) is 0 Å². The molecule has 1 saturated carbocycles. The minimum absolute atomic E-state index is 0.120. The summed E-state index contributed by atoms with van der Waals surface area (Å²) in [6, 6.07) is 31.3. The molecule has 172 valence electrons. The van der Waals surface area contributed by atoms with Gasteiger partial charge in [-0.3, -0.25) is 0 Å². The molecule has 34 heavy (non-hydrogen) atoms. The molecule has 0 N–H and O–H groups in total. The molecule has 0 spiro atoms. The largest absolute Gasteiger partial charge is 0.332 e. The van der Waals surface area contributed by atoms with Crippen molar-refractivity contribution >= 4 is 5.69 Å². The molecule has 0 bridgehead atoms. The van der Waals surface area contributed by atoms with Crippen molar-refractivity contribution in [2.75, 3.05) is 4.90 Å². The van der Waals surface area contributed by atoms with Gasteiger partial charge in [0, 0.05) is 11.4 Å². The zero-order valence-corrected chi connectivity index (χ0v) is 20.3. The van der Waals surface area contributed by atoms with Gasteiger partial charge >= 0.3 is 0 Å². The van der Waals surface area contributed by atoms with Crippen LogP contribution in [0.2, 0.25) is 0 Å². The summed E-state index contributed by atoms with van der Waals surface area (Å²) in [7, 11) is 0. The van der Waals surface area contributed by atoms with Crippen molar-refractivity contribution in [1.82, 2.24) is 4.90 Å². The van der Waals surface area contributed by atoms with Gasteiger partial charge in [0.15, 0.2) is 0 Å². The number of para-hydroxylation sites is 1. The van der Waals surface area contributed by atoms with E-state index in [1.54, 1.807) is 0 Å². The van der Waals surface area contributed by atoms with E-state index in [1.807, 2.05) is 0 Å². The van der Waals surface area contributed by atoms with Gasteiger partial charge in [-0.25, -0.2) is 0 Å². The normalized spacial score (nSPS) is 24.7. The third kappa shape index (κ3) is 3.15. The van der Waals surface area contributed by atoms with Crippen LogP contribution in [0.15, 0.2) is 108 Å². The van der Waals surface area contributed by atoms with Gasteiger partial charge in [-0.05, 0) is 61.4 Å². The Morgan fingerprint density at radius 3 is 2.09 bits per heavy atom. The van der Waals surface area contributed by atoms with E-state index in [9.17, 15) is 0 Å². The van der Waals surface area contributed by atoms with Gasteiger partial charge in [-0.1, -0.05) is 104 Å². The highest BCUT2D eigenvalue weighted by Gasteiger charge is 2.54. The average Bonchev–Trinajstić information content (AvgIpc) is 3.43. The second kappa shape index (κ2) is 8.51. The number of allylic oxidation sites excluding steroid dienone is 2. The van der Waals surface area contributed by atoms with Crippen molar-refractivity contribution in [1.29, 1.82) is 0 Å². The average molecular weight is 447 g/mol. The quantitative estimate of drug-likeness (QED) is 0.399. The van der Waals surface area contributed by atoms with Crippen LogP contribution in [0.4, 0.5) is 5.69 Å². The molecule has 2 aliphatic heterocycles. The minimum Gasteiger partial charge on any atom is -0.332 e. The Bertz CT molecular complexity index is 1220. The molecule has 3 aliphatic rings. The highest BCUT2D eigenvalue weighted by atomic mass is 15.5. The van der Waals surface area contributed by atoms with E-state index in [2.05, 4.69) is 121 Å². The molecular weight excluding hydrogens is 412 g/mol. The molecule has 0 radical (unpaired) electrons. The number of hydrogen-bond acceptors (Lipinski definition) is 2. The SMILES string of the molecule is CC1=C2C=CC(c3ccccc3)(C3CCCCC3)N2C(c2ccccc2)N1c1ccccc1C. The molecule has 3 aromatic carbocycles. The van der Waals surface area contributed by atoms with Crippen LogP contribution in [0, 0.1) is 12.8 Å². The first-order chi connectivity index (χ1) is 16.7. The maximum absolute atomic E-state index is 2.77. The van der Waals surface area contributed by atoms with E-state index < -0.39 is 0 Å². The second-order valence-electron chi connectivity index (χ2n) is 10.1. The molecule has 2 nitrogen and oxygen atoms in total. The summed E-state index contributed by atoms with van der Waals surface area (Å²) in [4.78, 5) is 5.36. The predicted molar refractivity (Wildman–Crippen MR) is 141 cm³/mol. The lowest BCUT2D eigenvalue weighted by atomic mass is 9.70. The van der Waals surface area contributed by atoms with Gasteiger partial charge in [0.2, 0.25) is 0 Å².